The van der Waals surface area contributed by atoms with Crippen LogP contribution in [0.4, 0.5) is 10.1 Å². The molecule has 0 saturated carbocycles. The third-order valence-corrected chi connectivity index (χ3v) is 3.69. The number of halogens is 1. The van der Waals surface area contributed by atoms with Crippen LogP contribution in [0.2, 0.25) is 0 Å². The number of esters is 1. The van der Waals surface area contributed by atoms with E-state index >= 15 is 0 Å². The number of rotatable bonds is 5. The number of carbonyl (C=O) groups is 2. The highest BCUT2D eigenvalue weighted by Crippen LogP contribution is 2.23. The number of benzene rings is 1. The fourth-order valence-corrected chi connectivity index (χ4v) is 2.54. The van der Waals surface area contributed by atoms with Gasteiger partial charge < -0.3 is 10.1 Å². The molecule has 0 aliphatic heterocycles. The predicted octanol–water partition coefficient (Wildman–Crippen LogP) is 2.70. The first-order valence-electron chi connectivity index (χ1n) is 6.64. The topological polar surface area (TPSA) is 92.1 Å². The van der Waals surface area contributed by atoms with Crippen LogP contribution in [0.25, 0.3) is 0 Å². The van der Waals surface area contributed by atoms with Gasteiger partial charge in [0.05, 0.1) is 18.4 Å². The summed E-state index contributed by atoms with van der Waals surface area (Å²) in [5.74, 6) is -3.20. The van der Waals surface area contributed by atoms with Crippen molar-refractivity contribution < 1.29 is 18.7 Å². The number of aromatic nitrogens is 1. The Labute approximate surface area is 135 Å². The average molecular weight is 333 g/mol. The van der Waals surface area contributed by atoms with Crippen LogP contribution in [0.3, 0.4) is 0 Å². The lowest BCUT2D eigenvalue weighted by molar-refractivity contribution is -0.116. The smallest absolute Gasteiger partial charge is 0.357 e. The summed E-state index contributed by atoms with van der Waals surface area (Å²) < 4.78 is 18.3. The molecule has 1 atom stereocenters. The number of para-hydroxylation sites is 1. The number of hydrogen-bond donors (Lipinski definition) is 1. The summed E-state index contributed by atoms with van der Waals surface area (Å²) in [4.78, 5) is 27.7. The molecule has 1 aromatic heterocycles. The van der Waals surface area contributed by atoms with Gasteiger partial charge in [-0.3, -0.25) is 4.79 Å². The maximum atomic E-state index is 13.5. The van der Waals surface area contributed by atoms with Gasteiger partial charge >= 0.3 is 5.97 Å². The molecular formula is C15H12FN3O3S. The van der Waals surface area contributed by atoms with Crippen molar-refractivity contribution in [2.75, 3.05) is 11.9 Å². The predicted molar refractivity (Wildman–Crippen MR) is 81.5 cm³/mol. The van der Waals surface area contributed by atoms with Gasteiger partial charge in [-0.1, -0.05) is 12.1 Å². The quantitative estimate of drug-likeness (QED) is 0.849. The standard InChI is InChI=1S/C15H12FN3O3S/c1-2-22-15(21)12-8-23-14(19-12)9(7-17)13(20)18-11-6-4-3-5-10(11)16/h3-6,8-9H,2H2,1H3,(H,18,20)/t9-/m0/s1. The Morgan fingerprint density at radius 2 is 2.22 bits per heavy atom. The zero-order valence-corrected chi connectivity index (χ0v) is 12.9. The first-order valence-corrected chi connectivity index (χ1v) is 7.52. The molecule has 1 N–H and O–H groups in total. The number of carbonyl (C=O) groups excluding carboxylic acids is 2. The molecule has 0 saturated heterocycles. The van der Waals surface area contributed by atoms with Crippen molar-refractivity contribution in [2.24, 2.45) is 0 Å². The van der Waals surface area contributed by atoms with Gasteiger partial charge in [0.15, 0.2) is 11.6 Å². The number of anilines is 1. The lowest BCUT2D eigenvalue weighted by Crippen LogP contribution is -2.20. The largest absolute Gasteiger partial charge is 0.461 e. The molecule has 1 aromatic carbocycles. The molecule has 8 heteroatoms. The summed E-state index contributed by atoms with van der Waals surface area (Å²) in [5.41, 5.74) is 0.00529. The summed E-state index contributed by atoms with van der Waals surface area (Å²) in [6.45, 7) is 1.85. The molecule has 2 rings (SSSR count). The fraction of sp³-hybridized carbons (Fsp3) is 0.200. The molecule has 0 bridgehead atoms. The molecule has 0 fully saturated rings. The number of nitrogens with zero attached hydrogens (tertiary/aromatic N) is 2. The van der Waals surface area contributed by atoms with E-state index in [4.69, 9.17) is 4.74 Å². The van der Waals surface area contributed by atoms with Gasteiger partial charge in [-0.2, -0.15) is 5.26 Å². The van der Waals surface area contributed by atoms with E-state index in [0.29, 0.717) is 0 Å². The monoisotopic (exact) mass is 333 g/mol. The van der Waals surface area contributed by atoms with Crippen molar-refractivity contribution in [2.45, 2.75) is 12.8 Å². The zero-order valence-electron chi connectivity index (χ0n) is 12.1. The lowest BCUT2D eigenvalue weighted by atomic mass is 10.1. The summed E-state index contributed by atoms with van der Waals surface area (Å²) >= 11 is 0.990. The minimum Gasteiger partial charge on any atom is -0.461 e. The summed E-state index contributed by atoms with van der Waals surface area (Å²) in [6.07, 6.45) is 0. The van der Waals surface area contributed by atoms with Crippen LogP contribution in [-0.4, -0.2) is 23.5 Å². The van der Waals surface area contributed by atoms with Crippen molar-refractivity contribution in [1.82, 2.24) is 4.98 Å². The molecule has 2 aromatic rings. The van der Waals surface area contributed by atoms with Crippen molar-refractivity contribution in [3.05, 3.63) is 46.2 Å². The average Bonchev–Trinajstić information content (AvgIpc) is 3.00. The van der Waals surface area contributed by atoms with Gasteiger partial charge in [0.1, 0.15) is 10.8 Å². The van der Waals surface area contributed by atoms with Gasteiger partial charge in [0, 0.05) is 5.38 Å². The van der Waals surface area contributed by atoms with Gasteiger partial charge in [-0.25, -0.2) is 14.2 Å². The highest BCUT2D eigenvalue weighted by atomic mass is 32.1. The van der Waals surface area contributed by atoms with Crippen LogP contribution in [0.15, 0.2) is 29.6 Å². The number of amides is 1. The normalized spacial score (nSPS) is 11.3. The maximum absolute atomic E-state index is 13.5. The highest BCUT2D eigenvalue weighted by molar-refractivity contribution is 7.10. The van der Waals surface area contributed by atoms with Gasteiger partial charge in [-0.05, 0) is 19.1 Å². The molecule has 1 amide bonds. The molecule has 6 nitrogen and oxygen atoms in total. The van der Waals surface area contributed by atoms with E-state index in [9.17, 15) is 19.2 Å². The Hall–Kier alpha value is -2.79. The summed E-state index contributed by atoms with van der Waals surface area (Å²) in [6, 6.07) is 7.42. The number of ether oxygens (including phenoxy) is 1. The van der Waals surface area contributed by atoms with E-state index in [-0.39, 0.29) is 23.0 Å². The minimum atomic E-state index is -1.25. The van der Waals surface area contributed by atoms with Crippen molar-refractivity contribution in [3.63, 3.8) is 0 Å². The van der Waals surface area contributed by atoms with Crippen LogP contribution >= 0.6 is 11.3 Å². The van der Waals surface area contributed by atoms with Crippen molar-refractivity contribution in [3.8, 4) is 6.07 Å². The first kappa shape index (κ1) is 16.6. The van der Waals surface area contributed by atoms with E-state index in [1.54, 1.807) is 19.1 Å². The highest BCUT2D eigenvalue weighted by Gasteiger charge is 2.26. The molecule has 0 aliphatic carbocycles. The Morgan fingerprint density at radius 3 is 2.87 bits per heavy atom. The van der Waals surface area contributed by atoms with Crippen LogP contribution in [0, 0.1) is 17.1 Å². The second-order valence-electron chi connectivity index (χ2n) is 4.32. The van der Waals surface area contributed by atoms with E-state index in [2.05, 4.69) is 10.3 Å². The summed E-state index contributed by atoms with van der Waals surface area (Å²) in [5, 5.41) is 13.1. The van der Waals surface area contributed by atoms with Crippen LogP contribution < -0.4 is 5.32 Å². The van der Waals surface area contributed by atoms with E-state index in [1.807, 2.05) is 0 Å². The van der Waals surface area contributed by atoms with Gasteiger partial charge in [0.25, 0.3) is 0 Å². The van der Waals surface area contributed by atoms with Gasteiger partial charge in [-0.15, -0.1) is 11.3 Å². The van der Waals surface area contributed by atoms with Crippen molar-refractivity contribution >= 4 is 28.9 Å². The number of hydrogen-bond acceptors (Lipinski definition) is 6. The molecule has 0 spiro atoms. The third kappa shape index (κ3) is 3.90. The van der Waals surface area contributed by atoms with Crippen LogP contribution in [0.5, 0.6) is 0 Å². The lowest BCUT2D eigenvalue weighted by Gasteiger charge is -2.08. The zero-order chi connectivity index (χ0) is 16.8. The number of nitriles is 1. The molecule has 0 radical (unpaired) electrons. The molecule has 0 unspecified atom stereocenters. The number of thiazole rings is 1. The molecule has 118 valence electrons. The van der Waals surface area contributed by atoms with E-state index in [1.165, 1.54) is 23.6 Å². The van der Waals surface area contributed by atoms with Crippen molar-refractivity contribution in [1.29, 1.82) is 5.26 Å². The Morgan fingerprint density at radius 1 is 1.48 bits per heavy atom. The Bertz CT molecular complexity index is 769. The van der Waals surface area contributed by atoms with E-state index < -0.39 is 23.6 Å². The van der Waals surface area contributed by atoms with Crippen LogP contribution in [-0.2, 0) is 9.53 Å². The third-order valence-electron chi connectivity index (χ3n) is 2.78. The Kier molecular flexibility index (Phi) is 5.38. The van der Waals surface area contributed by atoms with Crippen LogP contribution in [0.1, 0.15) is 28.3 Å². The first-order chi connectivity index (χ1) is 11.1. The fourth-order valence-electron chi connectivity index (χ4n) is 1.71. The second-order valence-corrected chi connectivity index (χ2v) is 5.21. The molecular weight excluding hydrogens is 321 g/mol. The molecule has 0 aliphatic rings. The SMILES string of the molecule is CCOC(=O)c1csc([C@@H](C#N)C(=O)Nc2ccccc2F)n1. The van der Waals surface area contributed by atoms with Gasteiger partial charge in [0.2, 0.25) is 5.91 Å². The molecule has 1 heterocycles. The maximum Gasteiger partial charge on any atom is 0.357 e. The number of nitrogens with one attached hydrogen (secondary N) is 1. The summed E-state index contributed by atoms with van der Waals surface area (Å²) in [7, 11) is 0. The minimum absolute atomic E-state index is 0.0278. The Balaban J connectivity index is 2.17. The second kappa shape index (κ2) is 7.47. The molecule has 23 heavy (non-hydrogen) atoms. The van der Waals surface area contributed by atoms with E-state index in [0.717, 1.165) is 11.3 Å².